The first-order valence-electron chi connectivity index (χ1n) is 8.06. The fourth-order valence-corrected chi connectivity index (χ4v) is 2.74. The number of morpholine rings is 1. The van der Waals surface area contributed by atoms with Gasteiger partial charge in [0.15, 0.2) is 0 Å². The van der Waals surface area contributed by atoms with Crippen LogP contribution in [0.15, 0.2) is 6.20 Å². The lowest BCUT2D eigenvalue weighted by atomic mass is 10.2. The van der Waals surface area contributed by atoms with E-state index in [0.717, 1.165) is 13.1 Å². The number of methoxy groups -OCH3 is 1. The maximum atomic E-state index is 12.6. The second-order valence-electron chi connectivity index (χ2n) is 5.85. The van der Waals surface area contributed by atoms with E-state index in [1.807, 2.05) is 13.8 Å². The molecule has 9 nitrogen and oxygen atoms in total. The Labute approximate surface area is 146 Å². The monoisotopic (exact) mass is 346 g/mol. The van der Waals surface area contributed by atoms with Crippen molar-refractivity contribution in [2.24, 2.45) is 7.05 Å². The topological polar surface area (TPSA) is 94.4 Å². The molecular weight excluding hydrogens is 324 g/mol. The molecule has 9 heteroatoms. The highest BCUT2D eigenvalue weighted by atomic mass is 16.5. The molecule has 3 rings (SSSR count). The number of aryl methyl sites for hydroxylation is 3. The van der Waals surface area contributed by atoms with E-state index in [-0.39, 0.29) is 11.8 Å². The summed E-state index contributed by atoms with van der Waals surface area (Å²) in [6.07, 6.45) is 1.61. The lowest BCUT2D eigenvalue weighted by Gasteiger charge is -2.27. The average molecular weight is 346 g/mol. The minimum absolute atomic E-state index is 0.279. The zero-order chi connectivity index (χ0) is 18.0. The molecule has 0 radical (unpaired) electrons. The fourth-order valence-electron chi connectivity index (χ4n) is 2.74. The minimum atomic E-state index is -0.307. The summed E-state index contributed by atoms with van der Waals surface area (Å²) < 4.78 is 12.0. The van der Waals surface area contributed by atoms with Crippen molar-refractivity contribution in [1.82, 2.24) is 19.7 Å². The van der Waals surface area contributed by atoms with Crippen molar-refractivity contribution >= 4 is 17.5 Å². The number of carbonyl (C=O) groups excluding carboxylic acids is 1. The van der Waals surface area contributed by atoms with Gasteiger partial charge in [0.1, 0.15) is 5.56 Å². The molecule has 134 valence electrons. The molecular formula is C16H22N6O3. The van der Waals surface area contributed by atoms with Crippen LogP contribution >= 0.6 is 0 Å². The fraction of sp³-hybridized carbons (Fsp3) is 0.500. The van der Waals surface area contributed by atoms with Crippen LogP contribution in [0, 0.1) is 13.8 Å². The second-order valence-corrected chi connectivity index (χ2v) is 5.85. The highest BCUT2D eigenvalue weighted by molar-refractivity contribution is 6.06. The van der Waals surface area contributed by atoms with Crippen LogP contribution in [0.1, 0.15) is 21.7 Å². The third-order valence-electron chi connectivity index (χ3n) is 4.02. The zero-order valence-corrected chi connectivity index (χ0v) is 14.9. The molecule has 1 fully saturated rings. The van der Waals surface area contributed by atoms with Crippen molar-refractivity contribution < 1.29 is 14.3 Å². The van der Waals surface area contributed by atoms with Gasteiger partial charge in [0.25, 0.3) is 5.91 Å². The predicted octanol–water partition coefficient (Wildman–Crippen LogP) is 0.924. The van der Waals surface area contributed by atoms with Gasteiger partial charge in [-0.1, -0.05) is 0 Å². The van der Waals surface area contributed by atoms with Crippen molar-refractivity contribution in [2.45, 2.75) is 13.8 Å². The van der Waals surface area contributed by atoms with E-state index < -0.39 is 0 Å². The number of anilines is 2. The molecule has 0 aromatic carbocycles. The van der Waals surface area contributed by atoms with E-state index in [4.69, 9.17) is 9.47 Å². The number of carbonyl (C=O) groups is 1. The van der Waals surface area contributed by atoms with E-state index in [9.17, 15) is 4.79 Å². The molecule has 1 aliphatic heterocycles. The lowest BCUT2D eigenvalue weighted by Crippen LogP contribution is -2.37. The van der Waals surface area contributed by atoms with Gasteiger partial charge in [0.05, 0.1) is 37.4 Å². The van der Waals surface area contributed by atoms with Crippen LogP contribution in [0.25, 0.3) is 0 Å². The summed E-state index contributed by atoms with van der Waals surface area (Å²) in [4.78, 5) is 23.7. The Morgan fingerprint density at radius 2 is 1.88 bits per heavy atom. The second kappa shape index (κ2) is 7.06. The summed E-state index contributed by atoms with van der Waals surface area (Å²) in [7, 11) is 3.21. The molecule has 1 aliphatic rings. The lowest BCUT2D eigenvalue weighted by molar-refractivity contribution is 0.102. The Bertz CT molecular complexity index is 759. The number of ether oxygens (including phenoxy) is 2. The van der Waals surface area contributed by atoms with Crippen molar-refractivity contribution in [3.63, 3.8) is 0 Å². The molecule has 1 saturated heterocycles. The average Bonchev–Trinajstić information content (AvgIpc) is 2.99. The molecule has 1 amide bonds. The Morgan fingerprint density at radius 3 is 2.48 bits per heavy atom. The maximum absolute atomic E-state index is 12.6. The van der Waals surface area contributed by atoms with E-state index >= 15 is 0 Å². The Hall–Kier alpha value is -2.68. The van der Waals surface area contributed by atoms with E-state index in [1.54, 1.807) is 13.2 Å². The third-order valence-corrected chi connectivity index (χ3v) is 4.02. The van der Waals surface area contributed by atoms with Crippen LogP contribution < -0.4 is 15.0 Å². The molecule has 25 heavy (non-hydrogen) atoms. The number of nitrogens with one attached hydrogen (secondary N) is 1. The Morgan fingerprint density at radius 1 is 1.24 bits per heavy atom. The van der Waals surface area contributed by atoms with Crippen LogP contribution in [0.3, 0.4) is 0 Å². The number of aromatic nitrogens is 4. The SMILES string of the molecule is COc1nn(C)cc1C(=O)Nc1c(C)nc(N2CCOCC2)nc1C. The van der Waals surface area contributed by atoms with Gasteiger partial charge < -0.3 is 19.7 Å². The van der Waals surface area contributed by atoms with Crippen LogP contribution in [0.2, 0.25) is 0 Å². The number of hydrogen-bond donors (Lipinski definition) is 1. The van der Waals surface area contributed by atoms with Gasteiger partial charge in [0.2, 0.25) is 11.8 Å². The van der Waals surface area contributed by atoms with Gasteiger partial charge in [-0.25, -0.2) is 9.97 Å². The normalized spacial score (nSPS) is 14.5. The van der Waals surface area contributed by atoms with Crippen LogP contribution in [-0.2, 0) is 11.8 Å². The largest absolute Gasteiger partial charge is 0.479 e. The van der Waals surface area contributed by atoms with Crippen molar-refractivity contribution in [3.8, 4) is 5.88 Å². The predicted molar refractivity (Wildman–Crippen MR) is 92.3 cm³/mol. The van der Waals surface area contributed by atoms with Crippen molar-refractivity contribution in [2.75, 3.05) is 43.6 Å². The first-order valence-corrected chi connectivity index (χ1v) is 8.06. The molecule has 0 bridgehead atoms. The quantitative estimate of drug-likeness (QED) is 0.880. The molecule has 0 saturated carbocycles. The standard InChI is InChI=1S/C16H22N6O3/c1-10-13(19-14(23)12-9-21(3)20-15(12)24-4)11(2)18-16(17-10)22-5-7-25-8-6-22/h9H,5-8H2,1-4H3,(H,19,23). The van der Waals surface area contributed by atoms with Crippen molar-refractivity contribution in [3.05, 3.63) is 23.1 Å². The molecule has 3 heterocycles. The molecule has 0 aliphatic carbocycles. The summed E-state index contributed by atoms with van der Waals surface area (Å²) in [5.74, 6) is 0.635. The van der Waals surface area contributed by atoms with Crippen LogP contribution in [0.5, 0.6) is 5.88 Å². The summed E-state index contributed by atoms with van der Waals surface area (Å²) in [5.41, 5.74) is 2.39. The molecule has 2 aromatic rings. The summed E-state index contributed by atoms with van der Waals surface area (Å²) in [6.45, 7) is 6.57. The summed E-state index contributed by atoms with van der Waals surface area (Å²) >= 11 is 0. The first-order chi connectivity index (χ1) is 12.0. The number of rotatable bonds is 4. The molecule has 0 atom stereocenters. The number of nitrogens with zero attached hydrogens (tertiary/aromatic N) is 5. The molecule has 0 unspecified atom stereocenters. The van der Waals surface area contributed by atoms with E-state index in [1.165, 1.54) is 11.8 Å². The number of hydrogen-bond acceptors (Lipinski definition) is 7. The minimum Gasteiger partial charge on any atom is -0.479 e. The van der Waals surface area contributed by atoms with Crippen LogP contribution in [0.4, 0.5) is 11.6 Å². The van der Waals surface area contributed by atoms with E-state index in [0.29, 0.717) is 41.8 Å². The highest BCUT2D eigenvalue weighted by Gasteiger charge is 2.21. The first kappa shape index (κ1) is 17.2. The molecule has 2 aromatic heterocycles. The smallest absolute Gasteiger partial charge is 0.262 e. The van der Waals surface area contributed by atoms with Crippen LogP contribution in [-0.4, -0.2) is 59.1 Å². The summed E-state index contributed by atoms with van der Waals surface area (Å²) in [5, 5.41) is 6.97. The number of amides is 1. The van der Waals surface area contributed by atoms with Gasteiger partial charge >= 0.3 is 0 Å². The Kier molecular flexibility index (Phi) is 4.84. The van der Waals surface area contributed by atoms with Gasteiger partial charge in [-0.3, -0.25) is 9.48 Å². The van der Waals surface area contributed by atoms with Gasteiger partial charge in [-0.05, 0) is 13.8 Å². The third kappa shape index (κ3) is 3.55. The molecule has 1 N–H and O–H groups in total. The van der Waals surface area contributed by atoms with Gasteiger partial charge in [-0.2, -0.15) is 0 Å². The Balaban J connectivity index is 1.83. The maximum Gasteiger partial charge on any atom is 0.262 e. The van der Waals surface area contributed by atoms with Gasteiger partial charge in [-0.15, -0.1) is 5.10 Å². The zero-order valence-electron chi connectivity index (χ0n) is 14.9. The highest BCUT2D eigenvalue weighted by Crippen LogP contribution is 2.23. The van der Waals surface area contributed by atoms with Crippen molar-refractivity contribution in [1.29, 1.82) is 0 Å². The molecule has 0 spiro atoms. The van der Waals surface area contributed by atoms with E-state index in [2.05, 4.69) is 25.3 Å². The van der Waals surface area contributed by atoms with Gasteiger partial charge in [0, 0.05) is 26.3 Å². The summed E-state index contributed by atoms with van der Waals surface area (Å²) in [6, 6.07) is 0.